The molecule has 5 heteroatoms. The summed E-state index contributed by atoms with van der Waals surface area (Å²) >= 11 is 12.1. The third kappa shape index (κ3) is 2.83. The van der Waals surface area contributed by atoms with E-state index in [9.17, 15) is 4.39 Å². The fourth-order valence-corrected chi connectivity index (χ4v) is 3.61. The Hall–Kier alpha value is -1.84. The molecule has 1 aromatic heterocycles. The molecule has 0 atom stereocenters. The first-order valence-electron chi connectivity index (χ1n) is 7.95. The molecule has 0 saturated carbocycles. The SMILES string of the molecule is Fc1ccc(Nc2c3c(nc4cc(Cl)ccc24)CCCC3)cc1Cl. The van der Waals surface area contributed by atoms with E-state index >= 15 is 0 Å². The van der Waals surface area contributed by atoms with E-state index in [-0.39, 0.29) is 5.02 Å². The van der Waals surface area contributed by atoms with Gasteiger partial charge >= 0.3 is 0 Å². The van der Waals surface area contributed by atoms with E-state index in [0.29, 0.717) is 5.02 Å². The summed E-state index contributed by atoms with van der Waals surface area (Å²) in [5, 5.41) is 5.22. The highest BCUT2D eigenvalue weighted by Gasteiger charge is 2.18. The van der Waals surface area contributed by atoms with Crippen molar-refractivity contribution in [1.82, 2.24) is 4.98 Å². The van der Waals surface area contributed by atoms with E-state index in [0.717, 1.165) is 53.7 Å². The number of benzene rings is 2. The molecule has 1 heterocycles. The summed E-state index contributed by atoms with van der Waals surface area (Å²) in [5.74, 6) is -0.421. The normalized spacial score (nSPS) is 13.8. The van der Waals surface area contributed by atoms with Crippen LogP contribution in [-0.2, 0) is 12.8 Å². The van der Waals surface area contributed by atoms with Crippen LogP contribution in [0.4, 0.5) is 15.8 Å². The number of anilines is 2. The minimum absolute atomic E-state index is 0.107. The number of nitrogens with zero attached hydrogens (tertiary/aromatic N) is 1. The maximum Gasteiger partial charge on any atom is 0.141 e. The molecule has 0 fully saturated rings. The van der Waals surface area contributed by atoms with Gasteiger partial charge in [0.05, 0.1) is 16.2 Å². The van der Waals surface area contributed by atoms with Crippen molar-refractivity contribution in [3.63, 3.8) is 0 Å². The van der Waals surface area contributed by atoms with Crippen molar-refractivity contribution in [2.45, 2.75) is 25.7 Å². The number of nitrogens with one attached hydrogen (secondary N) is 1. The maximum atomic E-state index is 13.4. The third-order valence-electron chi connectivity index (χ3n) is 4.41. The highest BCUT2D eigenvalue weighted by atomic mass is 35.5. The summed E-state index contributed by atoms with van der Waals surface area (Å²) in [5.41, 5.74) is 5.01. The molecule has 3 aromatic rings. The van der Waals surface area contributed by atoms with Gasteiger partial charge in [-0.3, -0.25) is 4.98 Å². The number of pyridine rings is 1. The number of hydrogen-bond acceptors (Lipinski definition) is 2. The largest absolute Gasteiger partial charge is 0.355 e. The van der Waals surface area contributed by atoms with Crippen LogP contribution in [-0.4, -0.2) is 4.98 Å². The topological polar surface area (TPSA) is 24.9 Å². The van der Waals surface area contributed by atoms with Gasteiger partial charge in [-0.2, -0.15) is 0 Å². The summed E-state index contributed by atoms with van der Waals surface area (Å²) in [4.78, 5) is 4.80. The van der Waals surface area contributed by atoms with E-state index in [4.69, 9.17) is 28.2 Å². The van der Waals surface area contributed by atoms with E-state index in [1.807, 2.05) is 18.2 Å². The van der Waals surface area contributed by atoms with Gasteiger partial charge in [-0.25, -0.2) is 4.39 Å². The Kier molecular flexibility index (Phi) is 4.07. The molecule has 1 N–H and O–H groups in total. The van der Waals surface area contributed by atoms with Gasteiger partial charge in [0.15, 0.2) is 0 Å². The minimum Gasteiger partial charge on any atom is -0.355 e. The van der Waals surface area contributed by atoms with Gasteiger partial charge in [-0.05, 0) is 67.6 Å². The Morgan fingerprint density at radius 3 is 2.67 bits per heavy atom. The van der Waals surface area contributed by atoms with Crippen molar-refractivity contribution >= 4 is 45.5 Å². The predicted molar refractivity (Wildman–Crippen MR) is 98.1 cm³/mol. The van der Waals surface area contributed by atoms with Crippen LogP contribution >= 0.6 is 23.2 Å². The minimum atomic E-state index is -0.421. The fourth-order valence-electron chi connectivity index (χ4n) is 3.26. The van der Waals surface area contributed by atoms with Gasteiger partial charge in [0.1, 0.15) is 5.82 Å². The summed E-state index contributed by atoms with van der Waals surface area (Å²) in [6, 6.07) is 10.4. The quantitative estimate of drug-likeness (QED) is 0.579. The van der Waals surface area contributed by atoms with E-state index in [1.165, 1.54) is 11.6 Å². The Morgan fingerprint density at radius 2 is 1.83 bits per heavy atom. The number of hydrogen-bond donors (Lipinski definition) is 1. The predicted octanol–water partition coefficient (Wildman–Crippen LogP) is 6.30. The molecule has 0 radical (unpaired) electrons. The first kappa shape index (κ1) is 15.7. The molecule has 0 amide bonds. The Balaban J connectivity index is 1.89. The van der Waals surface area contributed by atoms with Crippen LogP contribution in [0.3, 0.4) is 0 Å². The van der Waals surface area contributed by atoms with Gasteiger partial charge in [0, 0.05) is 21.8 Å². The van der Waals surface area contributed by atoms with Crippen LogP contribution in [0, 0.1) is 5.82 Å². The lowest BCUT2D eigenvalue weighted by molar-refractivity contribution is 0.628. The molecule has 24 heavy (non-hydrogen) atoms. The Morgan fingerprint density at radius 1 is 1.00 bits per heavy atom. The van der Waals surface area contributed by atoms with Crippen LogP contribution in [0.5, 0.6) is 0 Å². The van der Waals surface area contributed by atoms with Gasteiger partial charge in [-0.15, -0.1) is 0 Å². The van der Waals surface area contributed by atoms with E-state index in [2.05, 4.69) is 5.32 Å². The zero-order valence-corrected chi connectivity index (χ0v) is 14.4. The number of aryl methyl sites for hydroxylation is 1. The highest BCUT2D eigenvalue weighted by molar-refractivity contribution is 6.31. The van der Waals surface area contributed by atoms with Crippen LogP contribution in [0.25, 0.3) is 10.9 Å². The van der Waals surface area contributed by atoms with Crippen LogP contribution in [0.15, 0.2) is 36.4 Å². The zero-order chi connectivity index (χ0) is 16.7. The van der Waals surface area contributed by atoms with E-state index in [1.54, 1.807) is 12.1 Å². The molecular formula is C19H15Cl2FN2. The van der Waals surface area contributed by atoms with Gasteiger partial charge < -0.3 is 5.32 Å². The molecular weight excluding hydrogens is 346 g/mol. The Bertz CT molecular complexity index is 940. The summed E-state index contributed by atoms with van der Waals surface area (Å²) in [6.45, 7) is 0. The van der Waals surface area contributed by atoms with Crippen LogP contribution < -0.4 is 5.32 Å². The lowest BCUT2D eigenvalue weighted by Crippen LogP contribution is -2.09. The number of aromatic nitrogens is 1. The van der Waals surface area contributed by atoms with Gasteiger partial charge in [0.2, 0.25) is 0 Å². The molecule has 0 saturated heterocycles. The number of halogens is 3. The molecule has 1 aliphatic carbocycles. The number of fused-ring (bicyclic) bond motifs is 2. The second-order valence-corrected chi connectivity index (χ2v) is 6.88. The lowest BCUT2D eigenvalue weighted by atomic mass is 9.92. The second-order valence-electron chi connectivity index (χ2n) is 6.03. The molecule has 0 unspecified atom stereocenters. The van der Waals surface area contributed by atoms with Gasteiger partial charge in [-0.1, -0.05) is 23.2 Å². The molecule has 0 spiro atoms. The first-order valence-corrected chi connectivity index (χ1v) is 8.70. The van der Waals surface area contributed by atoms with Crippen molar-refractivity contribution in [3.8, 4) is 0 Å². The van der Waals surface area contributed by atoms with Crippen molar-refractivity contribution in [1.29, 1.82) is 0 Å². The van der Waals surface area contributed by atoms with Crippen molar-refractivity contribution < 1.29 is 4.39 Å². The highest BCUT2D eigenvalue weighted by Crippen LogP contribution is 2.36. The van der Waals surface area contributed by atoms with Crippen molar-refractivity contribution in [2.75, 3.05) is 5.32 Å². The van der Waals surface area contributed by atoms with Crippen molar-refractivity contribution in [2.24, 2.45) is 0 Å². The first-order chi connectivity index (χ1) is 11.6. The standard InChI is InChI=1S/C19H15Cl2FN2/c20-11-5-7-14-18(9-11)24-17-4-2-1-3-13(17)19(14)23-12-6-8-16(22)15(21)10-12/h5-10H,1-4H2,(H,23,24). The molecule has 2 aromatic carbocycles. The average Bonchev–Trinajstić information content (AvgIpc) is 2.57. The Labute approximate surface area is 149 Å². The molecule has 122 valence electrons. The fraction of sp³-hybridized carbons (Fsp3) is 0.211. The monoisotopic (exact) mass is 360 g/mol. The zero-order valence-electron chi connectivity index (χ0n) is 12.9. The van der Waals surface area contributed by atoms with Crippen LogP contribution in [0.2, 0.25) is 10.0 Å². The molecule has 1 aliphatic rings. The van der Waals surface area contributed by atoms with Gasteiger partial charge in [0.25, 0.3) is 0 Å². The van der Waals surface area contributed by atoms with E-state index < -0.39 is 5.82 Å². The molecule has 2 nitrogen and oxygen atoms in total. The summed E-state index contributed by atoms with van der Waals surface area (Å²) in [6.07, 6.45) is 4.25. The summed E-state index contributed by atoms with van der Waals surface area (Å²) in [7, 11) is 0. The van der Waals surface area contributed by atoms with Crippen molar-refractivity contribution in [3.05, 3.63) is 63.5 Å². The number of rotatable bonds is 2. The third-order valence-corrected chi connectivity index (χ3v) is 4.94. The maximum absolute atomic E-state index is 13.4. The lowest BCUT2D eigenvalue weighted by Gasteiger charge is -2.22. The average molecular weight is 361 g/mol. The summed E-state index contributed by atoms with van der Waals surface area (Å²) < 4.78 is 13.4. The molecule has 0 bridgehead atoms. The second kappa shape index (κ2) is 6.23. The molecule has 4 rings (SSSR count). The van der Waals surface area contributed by atoms with Crippen LogP contribution in [0.1, 0.15) is 24.1 Å². The molecule has 0 aliphatic heterocycles. The smallest absolute Gasteiger partial charge is 0.141 e.